The first-order chi connectivity index (χ1) is 14.0. The summed E-state index contributed by atoms with van der Waals surface area (Å²) in [5.41, 5.74) is 3.06. The van der Waals surface area contributed by atoms with Crippen molar-refractivity contribution in [3.8, 4) is 17.2 Å². The van der Waals surface area contributed by atoms with E-state index in [0.717, 1.165) is 29.9 Å². The Kier molecular flexibility index (Phi) is 4.13. The number of aromatic nitrogens is 4. The number of benzene rings is 1. The Labute approximate surface area is 167 Å². The van der Waals surface area contributed by atoms with Crippen LogP contribution in [0, 0.1) is 0 Å². The molecule has 3 aromatic rings. The van der Waals surface area contributed by atoms with Gasteiger partial charge in [0.2, 0.25) is 11.7 Å². The molecule has 1 saturated carbocycles. The molecule has 0 spiro atoms. The van der Waals surface area contributed by atoms with Crippen LogP contribution in [0.5, 0.6) is 0 Å². The largest absolute Gasteiger partial charge is 0.430 e. The Bertz CT molecular complexity index is 1070. The second-order valence-electron chi connectivity index (χ2n) is 7.66. The van der Waals surface area contributed by atoms with Crippen LogP contribution >= 0.6 is 0 Å². The number of ether oxygens (including phenoxy) is 1. The summed E-state index contributed by atoms with van der Waals surface area (Å²) in [5.74, 6) is 1.48. The maximum Gasteiger partial charge on any atom is 0.416 e. The number of fused-ring (bicyclic) bond motifs is 3. The lowest BCUT2D eigenvalue weighted by molar-refractivity contribution is 0.0310. The summed E-state index contributed by atoms with van der Waals surface area (Å²) >= 11 is 0. The molecule has 150 valence electrons. The normalized spacial score (nSPS) is 16.5. The molecule has 29 heavy (non-hydrogen) atoms. The van der Waals surface area contributed by atoms with Crippen molar-refractivity contribution in [3.05, 3.63) is 42.2 Å². The zero-order valence-corrected chi connectivity index (χ0v) is 16.6. The molecule has 5 rings (SSSR count). The van der Waals surface area contributed by atoms with Gasteiger partial charge in [-0.25, -0.2) is 9.78 Å². The minimum Gasteiger partial charge on any atom is -0.430 e. The van der Waals surface area contributed by atoms with Crippen LogP contribution in [0.3, 0.4) is 0 Å². The Hall–Kier alpha value is -3.20. The number of carbonyl (C=O) groups is 1. The molecule has 0 radical (unpaired) electrons. The van der Waals surface area contributed by atoms with E-state index in [1.165, 1.54) is 0 Å². The van der Waals surface area contributed by atoms with Crippen LogP contribution in [0.4, 0.5) is 10.5 Å². The molecule has 9 nitrogen and oxygen atoms in total. The number of carbonyl (C=O) groups excluding carboxylic acids is 1. The minimum absolute atomic E-state index is 0.304. The molecule has 1 atom stereocenters. The molecule has 1 fully saturated rings. The van der Waals surface area contributed by atoms with Crippen molar-refractivity contribution in [3.63, 3.8) is 0 Å². The fourth-order valence-electron chi connectivity index (χ4n) is 3.36. The van der Waals surface area contributed by atoms with Crippen LogP contribution in [-0.2, 0) is 11.3 Å². The van der Waals surface area contributed by atoms with Crippen molar-refractivity contribution < 1.29 is 14.1 Å². The summed E-state index contributed by atoms with van der Waals surface area (Å²) in [6.07, 6.45) is 3.14. The van der Waals surface area contributed by atoms with Gasteiger partial charge in [-0.3, -0.25) is 14.4 Å². The van der Waals surface area contributed by atoms with E-state index in [2.05, 4.69) is 15.1 Å². The average molecular weight is 394 g/mol. The van der Waals surface area contributed by atoms with E-state index in [1.807, 2.05) is 54.8 Å². The lowest BCUT2D eigenvalue weighted by Gasteiger charge is -2.31. The molecule has 9 heteroatoms. The molecule has 1 amide bonds. The second-order valence-corrected chi connectivity index (χ2v) is 7.66. The number of amides is 1. The fraction of sp³-hybridized carbons (Fsp3) is 0.400. The smallest absolute Gasteiger partial charge is 0.416 e. The molecule has 0 N–H and O–H groups in total. The van der Waals surface area contributed by atoms with Crippen LogP contribution < -0.4 is 4.90 Å². The Morgan fingerprint density at radius 2 is 2.03 bits per heavy atom. The first-order valence-corrected chi connectivity index (χ1v) is 9.67. The molecule has 3 heterocycles. The van der Waals surface area contributed by atoms with Gasteiger partial charge in [0.05, 0.1) is 23.6 Å². The van der Waals surface area contributed by atoms with Crippen LogP contribution in [0.2, 0.25) is 0 Å². The summed E-state index contributed by atoms with van der Waals surface area (Å²) in [7, 11) is 3.73. The van der Waals surface area contributed by atoms with E-state index in [0.29, 0.717) is 29.9 Å². The molecular formula is C20H22N6O3. The van der Waals surface area contributed by atoms with Crippen molar-refractivity contribution >= 4 is 11.8 Å². The maximum atomic E-state index is 13.0. The molecule has 0 saturated heterocycles. The van der Waals surface area contributed by atoms with Gasteiger partial charge in [-0.15, -0.1) is 0 Å². The van der Waals surface area contributed by atoms with Crippen LogP contribution in [0.1, 0.15) is 37.3 Å². The molecule has 1 unspecified atom stereocenters. The number of rotatable bonds is 4. The van der Waals surface area contributed by atoms with Gasteiger partial charge < -0.3 is 9.26 Å². The SMILES string of the molecule is CC(OC(=O)N1Cc2c(-c3noc(C4CC4)n3)ncn2-c2ccccc21)N(C)C. The van der Waals surface area contributed by atoms with Crippen LogP contribution in [0.25, 0.3) is 17.2 Å². The lowest BCUT2D eigenvalue weighted by Crippen LogP contribution is -2.40. The Morgan fingerprint density at radius 1 is 1.28 bits per heavy atom. The van der Waals surface area contributed by atoms with Crippen LogP contribution in [-0.4, -0.2) is 51.0 Å². The quantitative estimate of drug-likeness (QED) is 0.628. The third-order valence-electron chi connectivity index (χ3n) is 5.41. The number of nitrogens with zero attached hydrogens (tertiary/aromatic N) is 6. The highest BCUT2D eigenvalue weighted by Crippen LogP contribution is 2.40. The summed E-state index contributed by atoms with van der Waals surface area (Å²) in [4.78, 5) is 25.5. The summed E-state index contributed by atoms with van der Waals surface area (Å²) < 4.78 is 13.0. The maximum absolute atomic E-state index is 13.0. The van der Waals surface area contributed by atoms with Gasteiger partial charge in [0.15, 0.2) is 6.23 Å². The van der Waals surface area contributed by atoms with Gasteiger partial charge in [0.1, 0.15) is 12.0 Å². The standard InChI is InChI=1S/C20H22N6O3/c1-12(24(2)3)28-20(27)25-10-16-17(18-22-19(29-23-18)13-8-9-13)21-11-26(16)15-7-5-4-6-14(15)25/h4-7,11-13H,8-10H2,1-3H3. The van der Waals surface area contributed by atoms with E-state index < -0.39 is 6.09 Å². The van der Waals surface area contributed by atoms with Crippen molar-refractivity contribution in [2.45, 2.75) is 38.5 Å². The van der Waals surface area contributed by atoms with E-state index in [4.69, 9.17) is 9.26 Å². The highest BCUT2D eigenvalue weighted by molar-refractivity contribution is 5.92. The van der Waals surface area contributed by atoms with Crippen molar-refractivity contribution in [2.24, 2.45) is 0 Å². The zero-order valence-electron chi connectivity index (χ0n) is 16.6. The van der Waals surface area contributed by atoms with Crippen molar-refractivity contribution in [1.82, 2.24) is 24.6 Å². The van der Waals surface area contributed by atoms with Gasteiger partial charge in [-0.1, -0.05) is 17.3 Å². The molecular weight excluding hydrogens is 372 g/mol. The summed E-state index contributed by atoms with van der Waals surface area (Å²) in [6, 6.07) is 7.68. The van der Waals surface area contributed by atoms with Gasteiger partial charge in [0, 0.05) is 5.92 Å². The monoisotopic (exact) mass is 394 g/mol. The molecule has 0 bridgehead atoms. The van der Waals surface area contributed by atoms with E-state index >= 15 is 0 Å². The number of hydrogen-bond acceptors (Lipinski definition) is 7. The molecule has 2 aliphatic rings. The number of anilines is 1. The predicted molar refractivity (Wildman–Crippen MR) is 105 cm³/mol. The highest BCUT2D eigenvalue weighted by Gasteiger charge is 2.34. The third kappa shape index (κ3) is 3.07. The number of imidazole rings is 1. The van der Waals surface area contributed by atoms with E-state index in [9.17, 15) is 4.79 Å². The highest BCUT2D eigenvalue weighted by atomic mass is 16.6. The Morgan fingerprint density at radius 3 is 2.76 bits per heavy atom. The molecule has 1 aliphatic carbocycles. The van der Waals surface area contributed by atoms with Gasteiger partial charge in [-0.05, 0) is 46.0 Å². The summed E-state index contributed by atoms with van der Waals surface area (Å²) in [6.45, 7) is 2.14. The zero-order chi connectivity index (χ0) is 20.1. The lowest BCUT2D eigenvalue weighted by atomic mass is 10.1. The first kappa shape index (κ1) is 17.9. The van der Waals surface area contributed by atoms with Gasteiger partial charge in [-0.2, -0.15) is 4.98 Å². The number of hydrogen-bond donors (Lipinski definition) is 0. The van der Waals surface area contributed by atoms with E-state index in [1.54, 1.807) is 11.2 Å². The predicted octanol–water partition coefficient (Wildman–Crippen LogP) is 3.16. The summed E-state index contributed by atoms with van der Waals surface area (Å²) in [5, 5.41) is 4.12. The average Bonchev–Trinajstić information content (AvgIpc) is 3.29. The molecule has 2 aromatic heterocycles. The topological polar surface area (TPSA) is 89.5 Å². The third-order valence-corrected chi connectivity index (χ3v) is 5.41. The van der Waals surface area contributed by atoms with Crippen molar-refractivity contribution in [1.29, 1.82) is 0 Å². The minimum atomic E-state index is -0.413. The first-order valence-electron chi connectivity index (χ1n) is 9.67. The molecule has 1 aliphatic heterocycles. The van der Waals surface area contributed by atoms with E-state index in [-0.39, 0.29) is 6.23 Å². The van der Waals surface area contributed by atoms with Crippen LogP contribution in [0.15, 0.2) is 35.1 Å². The fourth-order valence-corrected chi connectivity index (χ4v) is 3.36. The molecule has 1 aromatic carbocycles. The second kappa shape index (κ2) is 6.70. The number of para-hydroxylation sites is 2. The van der Waals surface area contributed by atoms with Gasteiger partial charge >= 0.3 is 6.09 Å². The Balaban J connectivity index is 1.53. The van der Waals surface area contributed by atoms with Gasteiger partial charge in [0.25, 0.3) is 0 Å². The van der Waals surface area contributed by atoms with Crippen molar-refractivity contribution in [2.75, 3.05) is 19.0 Å².